The van der Waals surface area contributed by atoms with Crippen molar-refractivity contribution in [1.29, 1.82) is 0 Å². The molecule has 0 bridgehead atoms. The van der Waals surface area contributed by atoms with Crippen LogP contribution in [0.1, 0.15) is 41.5 Å². The van der Waals surface area contributed by atoms with Gasteiger partial charge in [-0.15, -0.1) is 0 Å². The van der Waals surface area contributed by atoms with Crippen LogP contribution in [-0.2, 0) is 19.6 Å². The zero-order chi connectivity index (χ0) is 34.9. The number of likely N-dealkylation sites (N-methyl/N-ethyl adjacent to an activating group) is 1. The maximum absolute atomic E-state index is 13.0. The Balaban J connectivity index is 0.000000440. The standard InChI is InChI=1S/C22H34N6O3S.2C2HF3O2/c1-25-13-15-26(16-14-25)10-6-9-23-22(29)20-19-8-3-4-12-28(19)21(24-20)18-7-5-11-27(17-18)32(2,30)31;2*3-2(4,5)1(6)7/h3-4,8,12,18H,5-7,9-11,13-17H2,1-2H3,(H,23,29);2*(H,6,7). The van der Waals surface area contributed by atoms with E-state index < -0.39 is 34.3 Å². The summed E-state index contributed by atoms with van der Waals surface area (Å²) >= 11 is 0. The van der Waals surface area contributed by atoms with E-state index in [-0.39, 0.29) is 11.8 Å². The van der Waals surface area contributed by atoms with Gasteiger partial charge >= 0.3 is 24.3 Å². The van der Waals surface area contributed by atoms with E-state index in [0.29, 0.717) is 25.3 Å². The van der Waals surface area contributed by atoms with Gasteiger partial charge < -0.3 is 29.7 Å². The fourth-order valence-corrected chi connectivity index (χ4v) is 5.54. The third-order valence-electron chi connectivity index (χ3n) is 7.03. The van der Waals surface area contributed by atoms with Crippen molar-refractivity contribution in [3.8, 4) is 0 Å². The summed E-state index contributed by atoms with van der Waals surface area (Å²) in [7, 11) is -1.10. The number of fused-ring (bicyclic) bond motifs is 1. The van der Waals surface area contributed by atoms with Gasteiger partial charge in [0.2, 0.25) is 10.0 Å². The zero-order valence-electron chi connectivity index (χ0n) is 25.0. The van der Waals surface area contributed by atoms with Gasteiger partial charge in [-0.05, 0) is 45.0 Å². The summed E-state index contributed by atoms with van der Waals surface area (Å²) in [6, 6.07) is 5.70. The summed E-state index contributed by atoms with van der Waals surface area (Å²) in [5.41, 5.74) is 1.17. The minimum Gasteiger partial charge on any atom is -0.475 e. The zero-order valence-corrected chi connectivity index (χ0v) is 25.8. The van der Waals surface area contributed by atoms with E-state index in [2.05, 4.69) is 22.2 Å². The molecule has 13 nitrogen and oxygen atoms in total. The maximum atomic E-state index is 13.0. The van der Waals surface area contributed by atoms with Crippen LogP contribution in [0.25, 0.3) is 5.52 Å². The van der Waals surface area contributed by atoms with Gasteiger partial charge in [-0.25, -0.2) is 27.3 Å². The van der Waals surface area contributed by atoms with Crippen molar-refractivity contribution in [2.24, 2.45) is 0 Å². The first kappa shape index (κ1) is 38.7. The average Bonchev–Trinajstić information content (AvgIpc) is 3.35. The Morgan fingerprint density at radius 2 is 1.54 bits per heavy atom. The number of sulfonamides is 1. The van der Waals surface area contributed by atoms with Crippen molar-refractivity contribution in [3.05, 3.63) is 35.9 Å². The van der Waals surface area contributed by atoms with E-state index in [1.54, 1.807) is 0 Å². The highest BCUT2D eigenvalue weighted by Crippen LogP contribution is 2.29. The summed E-state index contributed by atoms with van der Waals surface area (Å²) in [5, 5.41) is 17.3. The van der Waals surface area contributed by atoms with Crippen LogP contribution in [0, 0.1) is 0 Å². The minimum absolute atomic E-state index is 0.0350. The number of halogens is 6. The topological polar surface area (TPSA) is 165 Å². The van der Waals surface area contributed by atoms with Gasteiger partial charge in [0, 0.05) is 57.9 Å². The van der Waals surface area contributed by atoms with Crippen LogP contribution in [-0.4, -0.2) is 138 Å². The SMILES string of the molecule is CN1CCN(CCCNC(=O)c2nc(C3CCCN(S(C)(=O)=O)C3)n3ccccc23)CC1.O=C(O)C(F)(F)F.O=C(O)C(F)(F)F. The number of hydrogen-bond acceptors (Lipinski definition) is 8. The van der Waals surface area contributed by atoms with Crippen molar-refractivity contribution in [1.82, 2.24) is 28.8 Å². The molecule has 20 heteroatoms. The third kappa shape index (κ3) is 12.0. The summed E-state index contributed by atoms with van der Waals surface area (Å²) in [6.07, 6.45) is -4.47. The largest absolute Gasteiger partial charge is 0.490 e. The van der Waals surface area contributed by atoms with Crippen molar-refractivity contribution in [3.63, 3.8) is 0 Å². The third-order valence-corrected chi connectivity index (χ3v) is 8.30. The second kappa shape index (κ2) is 16.4. The number of carboxylic acid groups (broad SMARTS) is 2. The van der Waals surface area contributed by atoms with Crippen LogP contribution in [0.15, 0.2) is 24.4 Å². The van der Waals surface area contributed by atoms with Gasteiger partial charge in [-0.2, -0.15) is 26.3 Å². The Kier molecular flexibility index (Phi) is 13.8. The molecule has 2 aromatic rings. The fourth-order valence-electron chi connectivity index (χ4n) is 4.63. The van der Waals surface area contributed by atoms with E-state index >= 15 is 0 Å². The molecule has 1 amide bonds. The second-order valence-corrected chi connectivity index (χ2v) is 12.6. The van der Waals surface area contributed by atoms with Crippen LogP contribution in [0.4, 0.5) is 26.3 Å². The molecule has 1 atom stereocenters. The molecule has 2 aliphatic rings. The molecule has 0 spiro atoms. The molecular formula is C26H36F6N6O7S. The lowest BCUT2D eigenvalue weighted by Gasteiger charge is -2.32. The number of carboxylic acids is 2. The van der Waals surface area contributed by atoms with Crippen LogP contribution in [0.3, 0.4) is 0 Å². The van der Waals surface area contributed by atoms with E-state index in [0.717, 1.165) is 63.3 Å². The Bertz CT molecular complexity index is 1420. The molecule has 0 radical (unpaired) electrons. The first-order valence-electron chi connectivity index (χ1n) is 13.9. The summed E-state index contributed by atoms with van der Waals surface area (Å²) in [6.45, 7) is 6.86. The normalized spacial score (nSPS) is 18.6. The van der Waals surface area contributed by atoms with Gasteiger partial charge in [0.1, 0.15) is 5.82 Å². The predicted molar refractivity (Wildman–Crippen MR) is 152 cm³/mol. The average molecular weight is 691 g/mol. The highest BCUT2D eigenvalue weighted by Gasteiger charge is 2.39. The number of piperazine rings is 1. The molecule has 4 rings (SSSR count). The number of amides is 1. The number of aromatic nitrogens is 2. The first-order chi connectivity index (χ1) is 21.2. The molecular weight excluding hydrogens is 654 g/mol. The van der Waals surface area contributed by atoms with Gasteiger partial charge in [0.05, 0.1) is 11.8 Å². The Morgan fingerprint density at radius 1 is 0.978 bits per heavy atom. The van der Waals surface area contributed by atoms with Crippen molar-refractivity contribution >= 4 is 33.4 Å². The maximum Gasteiger partial charge on any atom is 0.490 e. The molecule has 46 heavy (non-hydrogen) atoms. The minimum atomic E-state index is -5.08. The first-order valence-corrected chi connectivity index (χ1v) is 15.8. The number of carbonyl (C=O) groups is 3. The van der Waals surface area contributed by atoms with E-state index in [9.17, 15) is 39.6 Å². The quantitative estimate of drug-likeness (QED) is 0.290. The van der Waals surface area contributed by atoms with Crippen LogP contribution < -0.4 is 5.32 Å². The number of rotatable bonds is 7. The lowest BCUT2D eigenvalue weighted by atomic mass is 9.99. The van der Waals surface area contributed by atoms with E-state index in [1.165, 1.54) is 10.6 Å². The van der Waals surface area contributed by atoms with E-state index in [1.807, 2.05) is 28.8 Å². The number of carbonyl (C=O) groups excluding carboxylic acids is 1. The highest BCUT2D eigenvalue weighted by molar-refractivity contribution is 7.88. The second-order valence-electron chi connectivity index (χ2n) is 10.6. The Morgan fingerprint density at radius 3 is 2.07 bits per heavy atom. The molecule has 2 fully saturated rings. The van der Waals surface area contributed by atoms with Crippen LogP contribution in [0.2, 0.25) is 0 Å². The molecule has 2 aromatic heterocycles. The molecule has 1 unspecified atom stereocenters. The van der Waals surface area contributed by atoms with Crippen LogP contribution >= 0.6 is 0 Å². The monoisotopic (exact) mass is 690 g/mol. The predicted octanol–water partition coefficient (Wildman–Crippen LogP) is 2.11. The van der Waals surface area contributed by atoms with E-state index in [4.69, 9.17) is 24.8 Å². The van der Waals surface area contributed by atoms with Gasteiger partial charge in [0.25, 0.3) is 5.91 Å². The number of imidazole rings is 1. The van der Waals surface area contributed by atoms with Gasteiger partial charge in [-0.3, -0.25) is 4.79 Å². The van der Waals surface area contributed by atoms with Crippen LogP contribution in [0.5, 0.6) is 0 Å². The fraction of sp³-hybridized carbons (Fsp3) is 0.615. The number of aliphatic carboxylic acids is 2. The lowest BCUT2D eigenvalue weighted by molar-refractivity contribution is -0.193. The molecule has 260 valence electrons. The highest BCUT2D eigenvalue weighted by atomic mass is 32.2. The number of nitrogens with one attached hydrogen (secondary N) is 1. The number of piperidine rings is 1. The van der Waals surface area contributed by atoms with Crippen molar-refractivity contribution in [2.45, 2.75) is 37.5 Å². The number of nitrogens with zero attached hydrogens (tertiary/aromatic N) is 5. The molecule has 2 aliphatic heterocycles. The molecule has 0 aliphatic carbocycles. The van der Waals surface area contributed by atoms with Gasteiger partial charge in [0.15, 0.2) is 5.69 Å². The number of hydrogen-bond donors (Lipinski definition) is 3. The van der Waals surface area contributed by atoms with Gasteiger partial charge in [-0.1, -0.05) is 6.07 Å². The molecule has 3 N–H and O–H groups in total. The lowest BCUT2D eigenvalue weighted by Crippen LogP contribution is -2.45. The molecule has 2 saturated heterocycles. The smallest absolute Gasteiger partial charge is 0.475 e. The Labute approximate surface area is 260 Å². The van der Waals surface area contributed by atoms with Crippen molar-refractivity contribution < 1.29 is 59.4 Å². The Hall–Kier alpha value is -3.49. The molecule has 0 saturated carbocycles. The number of alkyl halides is 6. The number of pyridine rings is 1. The molecule has 0 aromatic carbocycles. The molecule has 4 heterocycles. The van der Waals surface area contributed by atoms with Crippen molar-refractivity contribution in [2.75, 3.05) is 65.7 Å². The summed E-state index contributed by atoms with van der Waals surface area (Å²) in [5.74, 6) is -4.96. The summed E-state index contributed by atoms with van der Waals surface area (Å²) in [4.78, 5) is 40.2. The summed E-state index contributed by atoms with van der Waals surface area (Å²) < 4.78 is 91.0.